The third-order valence-corrected chi connectivity index (χ3v) is 7.38. The van der Waals surface area contributed by atoms with Crippen LogP contribution in [0.5, 0.6) is 11.5 Å². The summed E-state index contributed by atoms with van der Waals surface area (Å²) in [5.41, 5.74) is 9.08. The third-order valence-electron chi connectivity index (χ3n) is 7.38. The molecule has 0 atom stereocenters. The molecule has 0 aliphatic carbocycles. The van der Waals surface area contributed by atoms with Gasteiger partial charge in [-0.3, -0.25) is 0 Å². The highest BCUT2D eigenvalue weighted by atomic mass is 16.5. The zero-order chi connectivity index (χ0) is 24.3. The third kappa shape index (κ3) is 2.93. The maximum Gasteiger partial charge on any atom is 0.152 e. The lowest BCUT2D eigenvalue weighted by molar-refractivity contribution is 0.471. The standard InChI is InChI=1S/C33H26N2O/c1-33(2)25-17-9-10-18-26(25)35-27-19-11-12-20-29(27)36-30-22-21-28(31(33)32(30)35)34(23-13-5-3-6-14-23)24-15-7-4-8-16-24/h3-22H,1-2H3. The number of nitrogens with zero attached hydrogens (tertiary/aromatic N) is 2. The van der Waals surface area contributed by atoms with Crippen molar-refractivity contribution in [3.8, 4) is 11.5 Å². The lowest BCUT2D eigenvalue weighted by Gasteiger charge is -2.46. The smallest absolute Gasteiger partial charge is 0.152 e. The van der Waals surface area contributed by atoms with Crippen molar-refractivity contribution in [2.45, 2.75) is 19.3 Å². The Bertz CT molecular complexity index is 1550. The van der Waals surface area contributed by atoms with Crippen molar-refractivity contribution in [2.24, 2.45) is 0 Å². The fourth-order valence-electron chi connectivity index (χ4n) is 5.80. The molecule has 0 aromatic heterocycles. The average Bonchev–Trinajstić information content (AvgIpc) is 2.92. The molecule has 5 aromatic rings. The number of anilines is 6. The normalized spacial score (nSPS) is 14.2. The van der Waals surface area contributed by atoms with Gasteiger partial charge >= 0.3 is 0 Å². The summed E-state index contributed by atoms with van der Waals surface area (Å²) in [4.78, 5) is 4.76. The van der Waals surface area contributed by atoms with Crippen molar-refractivity contribution >= 4 is 34.1 Å². The number of ether oxygens (including phenoxy) is 1. The molecule has 0 N–H and O–H groups in total. The fraction of sp³-hybridized carbons (Fsp3) is 0.0909. The first-order valence-electron chi connectivity index (χ1n) is 12.4. The van der Waals surface area contributed by atoms with E-state index in [1.165, 1.54) is 16.8 Å². The van der Waals surface area contributed by atoms with E-state index in [9.17, 15) is 0 Å². The van der Waals surface area contributed by atoms with E-state index in [0.717, 1.165) is 39.9 Å². The second kappa shape index (κ2) is 7.76. The molecule has 0 unspecified atom stereocenters. The van der Waals surface area contributed by atoms with Crippen LogP contribution in [0.1, 0.15) is 25.0 Å². The molecule has 0 spiro atoms. The van der Waals surface area contributed by atoms with Crippen LogP contribution >= 0.6 is 0 Å². The Balaban J connectivity index is 1.57. The van der Waals surface area contributed by atoms with Crippen LogP contribution in [0.15, 0.2) is 121 Å². The lowest BCUT2D eigenvalue weighted by atomic mass is 9.72. The molecule has 3 heteroatoms. The molecule has 2 heterocycles. The van der Waals surface area contributed by atoms with Gasteiger partial charge in [-0.2, -0.15) is 0 Å². The molecule has 7 rings (SSSR count). The quantitative estimate of drug-likeness (QED) is 0.258. The minimum atomic E-state index is -0.259. The van der Waals surface area contributed by atoms with Gasteiger partial charge in [-0.15, -0.1) is 0 Å². The van der Waals surface area contributed by atoms with Gasteiger partial charge in [0.05, 0.1) is 22.7 Å². The van der Waals surface area contributed by atoms with Crippen LogP contribution in [0.4, 0.5) is 34.1 Å². The van der Waals surface area contributed by atoms with Crippen molar-refractivity contribution in [3.05, 3.63) is 132 Å². The van der Waals surface area contributed by atoms with E-state index in [2.05, 4.69) is 139 Å². The molecule has 5 aromatic carbocycles. The molecule has 0 fully saturated rings. The van der Waals surface area contributed by atoms with Gasteiger partial charge in [0.15, 0.2) is 11.5 Å². The highest BCUT2D eigenvalue weighted by molar-refractivity contribution is 5.97. The molecular weight excluding hydrogens is 440 g/mol. The lowest BCUT2D eigenvalue weighted by Crippen LogP contribution is -2.34. The largest absolute Gasteiger partial charge is 0.453 e. The zero-order valence-corrected chi connectivity index (χ0v) is 20.3. The SMILES string of the molecule is CC1(C)c2ccccc2N2c3ccccc3Oc3ccc(N(c4ccccc4)c4ccccc4)c1c32. The Morgan fingerprint density at radius 3 is 1.86 bits per heavy atom. The van der Waals surface area contributed by atoms with Crippen molar-refractivity contribution in [1.82, 2.24) is 0 Å². The molecule has 36 heavy (non-hydrogen) atoms. The first-order chi connectivity index (χ1) is 17.6. The minimum absolute atomic E-state index is 0.259. The first-order valence-corrected chi connectivity index (χ1v) is 12.4. The molecule has 174 valence electrons. The van der Waals surface area contributed by atoms with Crippen LogP contribution in [0.2, 0.25) is 0 Å². The van der Waals surface area contributed by atoms with Gasteiger partial charge in [-0.1, -0.05) is 80.6 Å². The van der Waals surface area contributed by atoms with Gasteiger partial charge in [0.2, 0.25) is 0 Å². The first kappa shape index (κ1) is 20.8. The molecule has 2 aliphatic heterocycles. The number of fused-ring (bicyclic) bond motifs is 4. The molecule has 0 amide bonds. The number of benzene rings is 5. The van der Waals surface area contributed by atoms with Gasteiger partial charge in [0, 0.05) is 22.4 Å². The van der Waals surface area contributed by atoms with Crippen LogP contribution < -0.4 is 14.5 Å². The Morgan fingerprint density at radius 2 is 1.17 bits per heavy atom. The fourth-order valence-corrected chi connectivity index (χ4v) is 5.80. The molecular formula is C33H26N2O. The zero-order valence-electron chi connectivity index (χ0n) is 20.3. The highest BCUT2D eigenvalue weighted by Gasteiger charge is 2.43. The van der Waals surface area contributed by atoms with Gasteiger partial charge in [0.1, 0.15) is 0 Å². The highest BCUT2D eigenvalue weighted by Crippen LogP contribution is 2.62. The molecule has 0 radical (unpaired) electrons. The number of hydrogen-bond acceptors (Lipinski definition) is 3. The summed E-state index contributed by atoms with van der Waals surface area (Å²) in [6.07, 6.45) is 0. The summed E-state index contributed by atoms with van der Waals surface area (Å²) >= 11 is 0. The van der Waals surface area contributed by atoms with E-state index in [0.29, 0.717) is 0 Å². The molecule has 3 nitrogen and oxygen atoms in total. The Morgan fingerprint density at radius 1 is 0.583 bits per heavy atom. The average molecular weight is 467 g/mol. The second-order valence-electron chi connectivity index (χ2n) is 9.86. The van der Waals surface area contributed by atoms with Crippen LogP contribution in [-0.2, 0) is 5.41 Å². The van der Waals surface area contributed by atoms with Crippen molar-refractivity contribution in [1.29, 1.82) is 0 Å². The van der Waals surface area contributed by atoms with E-state index < -0.39 is 0 Å². The van der Waals surface area contributed by atoms with Crippen molar-refractivity contribution < 1.29 is 4.74 Å². The molecule has 0 saturated heterocycles. The summed E-state index contributed by atoms with van der Waals surface area (Å²) < 4.78 is 6.52. The number of hydrogen-bond donors (Lipinski definition) is 0. The summed E-state index contributed by atoms with van der Waals surface area (Å²) in [5, 5.41) is 0. The van der Waals surface area contributed by atoms with E-state index in [1.54, 1.807) is 0 Å². The predicted molar refractivity (Wildman–Crippen MR) is 148 cm³/mol. The Kier molecular flexibility index (Phi) is 4.49. The van der Waals surface area contributed by atoms with E-state index in [1.807, 2.05) is 6.07 Å². The van der Waals surface area contributed by atoms with Crippen LogP contribution in [0, 0.1) is 0 Å². The van der Waals surface area contributed by atoms with Gasteiger partial charge in [-0.05, 0) is 60.2 Å². The Labute approximate surface area is 211 Å². The van der Waals surface area contributed by atoms with Gasteiger partial charge in [-0.25, -0.2) is 0 Å². The van der Waals surface area contributed by atoms with Crippen LogP contribution in [0.3, 0.4) is 0 Å². The van der Waals surface area contributed by atoms with E-state index >= 15 is 0 Å². The molecule has 2 aliphatic rings. The monoisotopic (exact) mass is 466 g/mol. The van der Waals surface area contributed by atoms with Gasteiger partial charge < -0.3 is 14.5 Å². The van der Waals surface area contributed by atoms with Crippen LogP contribution in [-0.4, -0.2) is 0 Å². The topological polar surface area (TPSA) is 15.7 Å². The number of rotatable bonds is 3. The summed E-state index contributed by atoms with van der Waals surface area (Å²) in [6, 6.07) is 42.6. The maximum absolute atomic E-state index is 6.52. The molecule has 0 saturated carbocycles. The summed E-state index contributed by atoms with van der Waals surface area (Å²) in [6.45, 7) is 4.66. The maximum atomic E-state index is 6.52. The molecule has 0 bridgehead atoms. The summed E-state index contributed by atoms with van der Waals surface area (Å²) in [5.74, 6) is 1.76. The minimum Gasteiger partial charge on any atom is -0.453 e. The summed E-state index contributed by atoms with van der Waals surface area (Å²) in [7, 11) is 0. The van der Waals surface area contributed by atoms with Gasteiger partial charge in [0.25, 0.3) is 0 Å². The second-order valence-corrected chi connectivity index (χ2v) is 9.86. The van der Waals surface area contributed by atoms with Crippen LogP contribution in [0.25, 0.3) is 0 Å². The number of para-hydroxylation sites is 5. The predicted octanol–water partition coefficient (Wildman–Crippen LogP) is 9.37. The van der Waals surface area contributed by atoms with Crippen molar-refractivity contribution in [2.75, 3.05) is 9.80 Å². The Hall–Kier alpha value is -4.50. The van der Waals surface area contributed by atoms with Crippen molar-refractivity contribution in [3.63, 3.8) is 0 Å². The van der Waals surface area contributed by atoms with E-state index in [-0.39, 0.29) is 5.41 Å². The van der Waals surface area contributed by atoms with E-state index in [4.69, 9.17) is 4.74 Å².